The molecular formula is C125H200AlLiO13. The zero-order valence-corrected chi connectivity index (χ0v) is 93.9. The molecule has 0 amide bonds. The Morgan fingerprint density at radius 3 is 0.929 bits per heavy atom. The molecule has 9 unspecified atom stereocenters. The third kappa shape index (κ3) is 19.7. The van der Waals surface area contributed by atoms with Crippen LogP contribution in [0.15, 0.2) is 91.2 Å². The first-order chi connectivity index (χ1) is 64.4. The summed E-state index contributed by atoms with van der Waals surface area (Å²) in [7, 11) is 1.45. The summed E-state index contributed by atoms with van der Waals surface area (Å²) in [6.07, 6.45) is 57.0. The summed E-state index contributed by atoms with van der Waals surface area (Å²) < 4.78 is 9.80. The summed E-state index contributed by atoms with van der Waals surface area (Å²) in [6, 6.07) is 0. The molecule has 15 heteroatoms. The van der Waals surface area contributed by atoms with E-state index < -0.39 is 11.9 Å². The number of ketones is 3. The van der Waals surface area contributed by atoms with E-state index in [1.165, 1.54) is 180 Å². The van der Waals surface area contributed by atoms with E-state index in [-0.39, 0.29) is 109 Å². The Morgan fingerprint density at radius 1 is 0.379 bits per heavy atom. The third-order valence-electron chi connectivity index (χ3n) is 47.8. The first kappa shape index (κ1) is 116. The van der Waals surface area contributed by atoms with Gasteiger partial charge in [0, 0.05) is 65.4 Å². The number of carbonyl (C=O) groups excluding carboxylic acids is 6. The average molecular weight is 1940 g/mol. The maximum atomic E-state index is 12.8. The molecule has 1 heterocycles. The summed E-state index contributed by atoms with van der Waals surface area (Å²) in [5, 5.41) is 28.6. The van der Waals surface area contributed by atoms with E-state index in [9.17, 15) is 38.7 Å². The number of carboxylic acids is 1. The van der Waals surface area contributed by atoms with Gasteiger partial charge in [-0.3, -0.25) is 24.1 Å². The minimum Gasteiger partial charge on any atom is -1.00 e. The molecule has 17 aliphatic rings. The predicted octanol–water partition coefficient (Wildman–Crippen LogP) is 27.7. The topological polar surface area (TPSA) is 208 Å². The molecule has 13 nitrogen and oxygen atoms in total. The predicted molar refractivity (Wildman–Crippen MR) is 571 cm³/mol. The van der Waals surface area contributed by atoms with Crippen LogP contribution in [0.2, 0.25) is 0 Å². The molecule has 0 aromatic carbocycles. The maximum Gasteiger partial charge on any atom is 1.00 e. The molecule has 17 rings (SSSR count). The van der Waals surface area contributed by atoms with Gasteiger partial charge in [-0.1, -0.05) is 235 Å². The molecule has 782 valence electrons. The first-order valence-corrected chi connectivity index (χ1v) is 56.4. The molecule has 0 aromatic heterocycles. The fourth-order valence-corrected chi connectivity index (χ4v) is 38.1. The van der Waals surface area contributed by atoms with E-state index in [2.05, 4.69) is 183 Å². The van der Waals surface area contributed by atoms with Gasteiger partial charge >= 0.3 is 36.8 Å². The second kappa shape index (κ2) is 43.2. The van der Waals surface area contributed by atoms with Crippen LogP contribution in [0.1, 0.15) is 465 Å². The Morgan fingerprint density at radius 2 is 0.657 bits per heavy atom. The van der Waals surface area contributed by atoms with Gasteiger partial charge in [-0.25, -0.2) is 14.4 Å². The second-order valence-corrected chi connectivity index (χ2v) is 54.7. The monoisotopic (exact) mass is 1940 g/mol. The number of rotatable bonds is 20. The Labute approximate surface area is 875 Å². The molecule has 1 aliphatic heterocycles. The molecule has 0 radical (unpaired) electrons. The van der Waals surface area contributed by atoms with Crippen molar-refractivity contribution in [2.45, 2.75) is 470 Å². The second-order valence-electron chi connectivity index (χ2n) is 54.7. The van der Waals surface area contributed by atoms with Gasteiger partial charge in [-0.15, -0.1) is 0 Å². The van der Waals surface area contributed by atoms with Crippen LogP contribution < -0.4 is 18.9 Å². The molecule has 3 N–H and O–H groups in total. The number of esters is 1. The number of methoxy groups -OCH3 is 1. The van der Waals surface area contributed by atoms with Crippen LogP contribution in [-0.2, 0) is 47.9 Å². The van der Waals surface area contributed by atoms with Gasteiger partial charge < -0.3 is 21.1 Å². The number of allylic oxidation sites excluding steroid dienone is 13. The minimum absolute atomic E-state index is 0. The van der Waals surface area contributed by atoms with Crippen molar-refractivity contribution < 1.29 is 83.7 Å². The van der Waals surface area contributed by atoms with E-state index in [0.29, 0.717) is 115 Å². The van der Waals surface area contributed by atoms with Gasteiger partial charge in [0.05, 0.1) is 13.2 Å². The van der Waals surface area contributed by atoms with Gasteiger partial charge in [0.2, 0.25) is 0 Å². The Bertz CT molecular complexity index is 4860. The SMILES string of the molecule is C/C(=C/CCC(C)[C@@H]1CC[C@]2(C)C3=C(CC[C@@]12C)[C@@]1(C)CCC(=O)C(C)(C)C1CC3)C(=O)O.C/C(=C/CCC(C)[C@@H]1CC[C@]2(C)C3=C(CC[C@@]12C)[C@@]1(C)CCC(O)C(C)(C)C1CC3)C(=O)OO.C/C(C=O)=C/CCC(C)[C@@H]1CC[C@]2(C)C3=C(CC[C@@]12C)[C@@]1(C)CCC(=O)C(C)(C)C1CC3.C1CCOC1.COC(=O)/C(C)=C\CCC(C)[C@@H]1CC[C@]2(C)C3=C(CC[C@@]12C)[C@@]1(C)CCC(=O)C(C)(C)C1CC3.[AlH3].[H-].[Li+]. The molecule has 9 fully saturated rings. The zero-order chi connectivity index (χ0) is 102. The van der Waals surface area contributed by atoms with Crippen LogP contribution in [0.25, 0.3) is 0 Å². The van der Waals surface area contributed by atoms with Crippen LogP contribution in [0.4, 0.5) is 0 Å². The van der Waals surface area contributed by atoms with E-state index in [1.807, 2.05) is 26.0 Å². The van der Waals surface area contributed by atoms with Gasteiger partial charge in [0.1, 0.15) is 23.6 Å². The number of hydrogen-bond donors (Lipinski definition) is 3. The molecule has 25 atom stereocenters. The smallest absolute Gasteiger partial charge is 1.00 e. The van der Waals surface area contributed by atoms with Gasteiger partial charge in [-0.2, -0.15) is 5.26 Å². The Balaban J connectivity index is 0.000000189. The molecular weight excluding hydrogens is 1740 g/mol. The minimum atomic E-state index is -0.800. The molecule has 1 saturated heterocycles. The quantitative estimate of drug-likeness (QED) is 0.0197. The van der Waals surface area contributed by atoms with E-state index >= 15 is 0 Å². The first-order valence-electron chi connectivity index (χ1n) is 56.4. The summed E-state index contributed by atoms with van der Waals surface area (Å²) in [5.74, 6) is 7.28. The maximum absolute atomic E-state index is 12.8. The summed E-state index contributed by atoms with van der Waals surface area (Å²) in [5.41, 5.74) is 19.6. The van der Waals surface area contributed by atoms with Crippen molar-refractivity contribution in [3.63, 3.8) is 0 Å². The number of carbonyl (C=O) groups is 7. The van der Waals surface area contributed by atoms with Crippen LogP contribution in [-0.4, -0.2) is 101 Å². The van der Waals surface area contributed by atoms with Crippen LogP contribution >= 0.6 is 0 Å². The van der Waals surface area contributed by atoms with Crippen LogP contribution in [0.5, 0.6) is 0 Å². The molecule has 8 saturated carbocycles. The van der Waals surface area contributed by atoms with E-state index in [0.717, 1.165) is 139 Å². The normalized spacial score (nSPS) is 40.4. The van der Waals surface area contributed by atoms with Crippen molar-refractivity contribution in [1.82, 2.24) is 0 Å². The molecule has 16 aliphatic carbocycles. The van der Waals surface area contributed by atoms with Crippen molar-refractivity contribution in [3.8, 4) is 0 Å². The summed E-state index contributed by atoms with van der Waals surface area (Å²) >= 11 is 0. The number of ether oxygens (including phenoxy) is 2. The van der Waals surface area contributed by atoms with Gasteiger partial charge in [0.15, 0.2) is 17.4 Å². The van der Waals surface area contributed by atoms with Crippen LogP contribution in [0, 0.1) is 158 Å². The molecule has 0 spiro atoms. The largest absolute Gasteiger partial charge is 1.00 e. The Hall–Kier alpha value is -3.98. The van der Waals surface area contributed by atoms with E-state index in [4.69, 9.17) is 19.8 Å². The summed E-state index contributed by atoms with van der Waals surface area (Å²) in [4.78, 5) is 87.6. The van der Waals surface area contributed by atoms with Crippen molar-refractivity contribution in [1.29, 1.82) is 0 Å². The average Bonchev–Trinajstić information content (AvgIpc) is 1.65. The number of hydrogen-bond acceptors (Lipinski definition) is 12. The Kier molecular flexibility index (Phi) is 35.9. The van der Waals surface area contributed by atoms with Gasteiger partial charge in [0.25, 0.3) is 0 Å². The van der Waals surface area contributed by atoms with Crippen molar-refractivity contribution in [2.24, 2.45) is 158 Å². The molecule has 0 aromatic rings. The van der Waals surface area contributed by atoms with Crippen molar-refractivity contribution >= 4 is 58.9 Å². The van der Waals surface area contributed by atoms with Crippen molar-refractivity contribution in [2.75, 3.05) is 20.3 Å². The fraction of sp³-hybridized carbons (Fsp3) is 0.816. The number of aliphatic hydroxyl groups is 1. The number of carboxylic acid groups (broad SMARTS) is 1. The standard InChI is InChI=1S/C31H48O3.C30H48O4.C30H46O3.C30H46O2.C4H8O.Al.Li.4H/c1-20(10-9-11-21(2)27(33)34-8)22-14-18-31(7)24-12-13-25-28(3,4)26(32)16-17-29(25,5)23(24)15-19-30(22,31)6;1-19(9-8-10-20(2)26(32)34-33)21-13-17-30(7)23-11-12-24-27(3,4)25(31)15-16-28(24,5)22(23)14-18-29(21,30)6;1-19(9-8-10-20(2)26(32)33)21-13-17-30(7)23-11-12-24-27(3,4)25(31)15-16-28(24,5)22(23)14-18-29(21,30)6;1-20(19-31)9-8-10-21(2)22-13-17-30(7)24-11-12-25-27(3,4)26(32)15-16-28(25,5)23(24)14-18-29(22,30)6;1-2-4-5-3-1;;;;;;/h11,20,22,25H,9-10,12-19H2,1-8H3;10,19,21,24-25,31,33H,8-9,11-18H2,1-7H3;10,19,21,24H,8-9,11-18H2,1-7H3,(H,32,33);9,19,21-22,25H,8,10-18H2,1-7H3;1-4H2;;;;;;/q;;;;;;+1;;;;-1/b21-11-;2*20-10-;20-9-;;;;;;;/t20?,22-,25?,29+,30-,31+;19?,21-,24?,25?,28+,29-,30+;19?,21-,24?,28+,29-,30+;21?,22-,25?,28+,29-,30+;;;;;;;/m0000......./s1. The fourth-order valence-electron chi connectivity index (χ4n) is 38.1. The number of Topliss-reactive ketones (excluding diaryl/α,β-unsaturated/α-hetero) is 3. The molecule has 140 heavy (non-hydrogen) atoms. The van der Waals surface area contributed by atoms with E-state index in [1.54, 1.807) is 58.4 Å². The summed E-state index contributed by atoms with van der Waals surface area (Å²) in [6.45, 7) is 67.6. The zero-order valence-electron chi connectivity index (χ0n) is 94.9. The third-order valence-corrected chi connectivity index (χ3v) is 47.8. The number of aliphatic hydroxyl groups excluding tert-OH is 1. The number of fused-ring (bicyclic) bond motifs is 16. The van der Waals surface area contributed by atoms with Crippen LogP contribution in [0.3, 0.4) is 0 Å². The molecule has 0 bridgehead atoms. The number of aliphatic carboxylic acids is 1. The number of aldehydes is 1. The van der Waals surface area contributed by atoms with Crippen molar-refractivity contribution in [3.05, 3.63) is 91.2 Å². The van der Waals surface area contributed by atoms with Gasteiger partial charge in [-0.05, 0) is 425 Å².